The first kappa shape index (κ1) is 13.8. The van der Waals surface area contributed by atoms with Crippen LogP contribution in [0.2, 0.25) is 5.02 Å². The van der Waals surface area contributed by atoms with E-state index < -0.39 is 5.97 Å². The van der Waals surface area contributed by atoms with Gasteiger partial charge in [0.05, 0.1) is 18.7 Å². The first-order chi connectivity index (χ1) is 9.10. The largest absolute Gasteiger partial charge is 0.493 e. The lowest BCUT2D eigenvalue weighted by Gasteiger charge is -2.08. The van der Waals surface area contributed by atoms with Crippen molar-refractivity contribution >= 4 is 28.9 Å². The number of hydrogen-bond acceptors (Lipinski definition) is 4. The predicted octanol–water partition coefficient (Wildman–Crippen LogP) is 3.49. The van der Waals surface area contributed by atoms with E-state index in [1.807, 2.05) is 12.3 Å². The summed E-state index contributed by atoms with van der Waals surface area (Å²) in [4.78, 5) is 15.0. The first-order valence-electron chi connectivity index (χ1n) is 5.69. The van der Waals surface area contributed by atoms with Gasteiger partial charge in [-0.3, -0.25) is 4.79 Å². The molecule has 0 saturated carbocycles. The molecular weight excluding hydrogens is 286 g/mol. The van der Waals surface area contributed by atoms with Crippen molar-refractivity contribution in [1.82, 2.24) is 4.98 Å². The third-order valence-electron chi connectivity index (χ3n) is 2.37. The second kappa shape index (κ2) is 6.04. The topological polar surface area (TPSA) is 59.4 Å². The number of aliphatic carboxylic acids is 1. The summed E-state index contributed by atoms with van der Waals surface area (Å²) in [7, 11) is 0. The van der Waals surface area contributed by atoms with Crippen LogP contribution < -0.4 is 4.74 Å². The Bertz CT molecular complexity index is 597. The number of carboxylic acids is 1. The van der Waals surface area contributed by atoms with Gasteiger partial charge < -0.3 is 9.84 Å². The minimum atomic E-state index is -0.892. The number of carbonyl (C=O) groups is 1. The molecule has 0 fully saturated rings. The van der Waals surface area contributed by atoms with Gasteiger partial charge in [0.15, 0.2) is 0 Å². The molecule has 0 saturated heterocycles. The van der Waals surface area contributed by atoms with E-state index in [1.54, 1.807) is 18.2 Å². The molecule has 0 aliphatic rings. The summed E-state index contributed by atoms with van der Waals surface area (Å²) in [6.45, 7) is 2.44. The van der Waals surface area contributed by atoms with Crippen molar-refractivity contribution in [2.45, 2.75) is 13.3 Å². The first-order valence-corrected chi connectivity index (χ1v) is 6.95. The van der Waals surface area contributed by atoms with Gasteiger partial charge in [0.1, 0.15) is 10.8 Å². The van der Waals surface area contributed by atoms with Crippen LogP contribution in [0.3, 0.4) is 0 Å². The highest BCUT2D eigenvalue weighted by Crippen LogP contribution is 2.33. The number of rotatable bonds is 5. The predicted molar refractivity (Wildman–Crippen MR) is 75.1 cm³/mol. The SMILES string of the molecule is CCOc1ccc(Cl)cc1-c1csc(CC(=O)O)n1. The van der Waals surface area contributed by atoms with Crippen molar-refractivity contribution < 1.29 is 14.6 Å². The normalized spacial score (nSPS) is 10.4. The van der Waals surface area contributed by atoms with E-state index in [2.05, 4.69) is 4.98 Å². The molecule has 1 N–H and O–H groups in total. The van der Waals surface area contributed by atoms with E-state index in [9.17, 15) is 4.79 Å². The second-order valence-electron chi connectivity index (χ2n) is 3.77. The lowest BCUT2D eigenvalue weighted by molar-refractivity contribution is -0.136. The van der Waals surface area contributed by atoms with Crippen LogP contribution in [0, 0.1) is 0 Å². The number of nitrogens with zero attached hydrogens (tertiary/aromatic N) is 1. The van der Waals surface area contributed by atoms with Crippen LogP contribution in [0.15, 0.2) is 23.6 Å². The van der Waals surface area contributed by atoms with Crippen LogP contribution >= 0.6 is 22.9 Å². The average Bonchev–Trinajstić information content (AvgIpc) is 2.79. The molecule has 19 heavy (non-hydrogen) atoms. The maximum absolute atomic E-state index is 10.7. The molecule has 0 unspecified atom stereocenters. The highest BCUT2D eigenvalue weighted by Gasteiger charge is 2.12. The minimum absolute atomic E-state index is 0.0742. The van der Waals surface area contributed by atoms with Crippen LogP contribution in [-0.4, -0.2) is 22.7 Å². The van der Waals surface area contributed by atoms with Gasteiger partial charge in [-0.25, -0.2) is 4.98 Å². The highest BCUT2D eigenvalue weighted by molar-refractivity contribution is 7.10. The van der Waals surface area contributed by atoms with Crippen molar-refractivity contribution in [2.24, 2.45) is 0 Å². The molecule has 2 rings (SSSR count). The molecule has 100 valence electrons. The Kier molecular flexibility index (Phi) is 4.39. The summed E-state index contributed by atoms with van der Waals surface area (Å²) >= 11 is 7.30. The molecule has 0 radical (unpaired) electrons. The van der Waals surface area contributed by atoms with Gasteiger partial charge in [-0.1, -0.05) is 11.6 Å². The molecule has 0 spiro atoms. The number of hydrogen-bond donors (Lipinski definition) is 1. The number of benzene rings is 1. The number of thiazole rings is 1. The van der Waals surface area contributed by atoms with Gasteiger partial charge in [0.2, 0.25) is 0 Å². The Morgan fingerprint density at radius 3 is 3.00 bits per heavy atom. The average molecular weight is 298 g/mol. The van der Waals surface area contributed by atoms with Crippen LogP contribution in [0.25, 0.3) is 11.3 Å². The molecule has 0 aliphatic carbocycles. The fourth-order valence-corrected chi connectivity index (χ4v) is 2.59. The Labute approximate surface area is 119 Å². The van der Waals surface area contributed by atoms with E-state index in [4.69, 9.17) is 21.4 Å². The summed E-state index contributed by atoms with van der Waals surface area (Å²) in [5, 5.41) is 11.7. The quantitative estimate of drug-likeness (QED) is 0.918. The maximum Gasteiger partial charge on any atom is 0.310 e. The summed E-state index contributed by atoms with van der Waals surface area (Å²) in [6, 6.07) is 5.31. The fraction of sp³-hybridized carbons (Fsp3) is 0.231. The van der Waals surface area contributed by atoms with Gasteiger partial charge in [-0.2, -0.15) is 0 Å². The molecule has 4 nitrogen and oxygen atoms in total. The summed E-state index contributed by atoms with van der Waals surface area (Å²) in [6.07, 6.45) is -0.0742. The van der Waals surface area contributed by atoms with Crippen LogP contribution in [0.4, 0.5) is 0 Å². The second-order valence-corrected chi connectivity index (χ2v) is 5.15. The Morgan fingerprint density at radius 1 is 1.53 bits per heavy atom. The molecule has 0 aliphatic heterocycles. The number of halogens is 1. The monoisotopic (exact) mass is 297 g/mol. The van der Waals surface area contributed by atoms with E-state index in [1.165, 1.54) is 11.3 Å². The molecule has 1 aromatic heterocycles. The van der Waals surface area contributed by atoms with E-state index >= 15 is 0 Å². The standard InChI is InChI=1S/C13H12ClNO3S/c1-2-18-11-4-3-8(14)5-9(11)10-7-19-12(15-10)6-13(16)17/h3-5,7H,2,6H2,1H3,(H,16,17). The molecule has 6 heteroatoms. The fourth-order valence-electron chi connectivity index (χ4n) is 1.63. The smallest absolute Gasteiger partial charge is 0.310 e. The molecular formula is C13H12ClNO3S. The summed E-state index contributed by atoms with van der Waals surface area (Å²) in [5.74, 6) is -0.198. The van der Waals surface area contributed by atoms with Crippen molar-refractivity contribution in [2.75, 3.05) is 6.61 Å². The zero-order valence-electron chi connectivity index (χ0n) is 10.2. The number of carboxylic acid groups (broad SMARTS) is 1. The van der Waals surface area contributed by atoms with Crippen molar-refractivity contribution in [3.05, 3.63) is 33.6 Å². The molecule has 1 aromatic carbocycles. The maximum atomic E-state index is 10.7. The van der Waals surface area contributed by atoms with Gasteiger partial charge in [-0.05, 0) is 25.1 Å². The lowest BCUT2D eigenvalue weighted by Crippen LogP contribution is -1.99. The summed E-state index contributed by atoms with van der Waals surface area (Å²) < 4.78 is 5.53. The number of aromatic nitrogens is 1. The third kappa shape index (κ3) is 3.45. The minimum Gasteiger partial charge on any atom is -0.493 e. The Hall–Kier alpha value is -1.59. The molecule has 0 bridgehead atoms. The van der Waals surface area contributed by atoms with E-state index in [0.717, 1.165) is 5.56 Å². The van der Waals surface area contributed by atoms with Crippen molar-refractivity contribution in [3.63, 3.8) is 0 Å². The van der Waals surface area contributed by atoms with Gasteiger partial charge in [0.25, 0.3) is 0 Å². The van der Waals surface area contributed by atoms with Crippen molar-refractivity contribution in [1.29, 1.82) is 0 Å². The lowest BCUT2D eigenvalue weighted by atomic mass is 10.1. The number of ether oxygens (including phenoxy) is 1. The molecule has 1 heterocycles. The Morgan fingerprint density at radius 2 is 2.32 bits per heavy atom. The zero-order chi connectivity index (χ0) is 13.8. The van der Waals surface area contributed by atoms with E-state index in [0.29, 0.717) is 28.1 Å². The molecule has 0 atom stereocenters. The third-order valence-corrected chi connectivity index (χ3v) is 3.46. The highest BCUT2D eigenvalue weighted by atomic mass is 35.5. The van der Waals surface area contributed by atoms with Crippen LogP contribution in [-0.2, 0) is 11.2 Å². The van der Waals surface area contributed by atoms with Crippen LogP contribution in [0.5, 0.6) is 5.75 Å². The van der Waals surface area contributed by atoms with Crippen molar-refractivity contribution in [3.8, 4) is 17.0 Å². The zero-order valence-corrected chi connectivity index (χ0v) is 11.8. The summed E-state index contributed by atoms with van der Waals surface area (Å²) in [5.41, 5.74) is 1.47. The van der Waals surface area contributed by atoms with Crippen LogP contribution in [0.1, 0.15) is 11.9 Å². The van der Waals surface area contributed by atoms with Gasteiger partial charge in [-0.15, -0.1) is 11.3 Å². The Balaban J connectivity index is 2.37. The van der Waals surface area contributed by atoms with E-state index in [-0.39, 0.29) is 6.42 Å². The van der Waals surface area contributed by atoms with Gasteiger partial charge in [0, 0.05) is 16.0 Å². The molecule has 0 amide bonds. The molecule has 2 aromatic rings. The van der Waals surface area contributed by atoms with Gasteiger partial charge >= 0.3 is 5.97 Å².